The van der Waals surface area contributed by atoms with Gasteiger partial charge in [0.2, 0.25) is 5.78 Å². The van der Waals surface area contributed by atoms with E-state index in [-0.39, 0.29) is 0 Å². The predicted octanol–water partition coefficient (Wildman–Crippen LogP) is 4.02. The minimum atomic E-state index is -1.60. The molecule has 30 heavy (non-hydrogen) atoms. The van der Waals surface area contributed by atoms with Gasteiger partial charge in [0.15, 0.2) is 6.23 Å². The van der Waals surface area contributed by atoms with Crippen LogP contribution in [0.2, 0.25) is 0 Å². The lowest BCUT2D eigenvalue weighted by atomic mass is 10.1. The van der Waals surface area contributed by atoms with Crippen LogP contribution in [-0.4, -0.2) is 29.6 Å². The summed E-state index contributed by atoms with van der Waals surface area (Å²) in [5.41, 5.74) is 1.99. The molecule has 3 aromatic carbocycles. The van der Waals surface area contributed by atoms with Gasteiger partial charge in [-0.1, -0.05) is 60.7 Å². The number of ketones is 1. The number of hydrogen-bond donors (Lipinski definition) is 2. The first kappa shape index (κ1) is 21.3. The number of hydrogen-bond acceptors (Lipinski definition) is 4. The average molecular weight is 403 g/mol. The van der Waals surface area contributed by atoms with E-state index in [1.165, 1.54) is 5.56 Å². The van der Waals surface area contributed by atoms with Crippen molar-refractivity contribution in [1.82, 2.24) is 5.32 Å². The van der Waals surface area contributed by atoms with E-state index in [0.717, 1.165) is 19.3 Å². The minimum absolute atomic E-state index is 0.335. The third kappa shape index (κ3) is 6.29. The summed E-state index contributed by atoms with van der Waals surface area (Å²) >= 11 is 0. The van der Waals surface area contributed by atoms with Gasteiger partial charge in [0.1, 0.15) is 5.75 Å². The molecule has 0 aliphatic carbocycles. The second-order valence-corrected chi connectivity index (χ2v) is 6.92. The van der Waals surface area contributed by atoms with E-state index in [1.807, 2.05) is 18.2 Å². The van der Waals surface area contributed by atoms with Gasteiger partial charge in [0, 0.05) is 11.1 Å². The van der Waals surface area contributed by atoms with Crippen molar-refractivity contribution >= 4 is 11.7 Å². The maximum Gasteiger partial charge on any atom is 0.253 e. The fraction of sp³-hybridized carbons (Fsp3) is 0.200. The summed E-state index contributed by atoms with van der Waals surface area (Å²) in [4.78, 5) is 24.4. The Balaban J connectivity index is 1.42. The average Bonchev–Trinajstić information content (AvgIpc) is 2.80. The van der Waals surface area contributed by atoms with Crippen LogP contribution in [0.15, 0.2) is 84.9 Å². The number of benzene rings is 3. The highest BCUT2D eigenvalue weighted by atomic mass is 16.5. The van der Waals surface area contributed by atoms with E-state index in [2.05, 4.69) is 17.4 Å². The summed E-state index contributed by atoms with van der Waals surface area (Å²) in [6.07, 6.45) is 1.40. The highest BCUT2D eigenvalue weighted by Crippen LogP contribution is 2.14. The number of aliphatic hydroxyl groups is 1. The van der Waals surface area contributed by atoms with E-state index in [4.69, 9.17) is 4.74 Å². The number of carbonyl (C=O) groups is 2. The Hall–Kier alpha value is -3.44. The zero-order chi connectivity index (χ0) is 21.2. The summed E-state index contributed by atoms with van der Waals surface area (Å²) in [6, 6.07) is 25.3. The standard InChI is InChI=1S/C25H25NO4/c27-23(20-12-5-2-6-13-20)25(29)26-24(28)21-14-16-22(17-15-21)30-18-8-7-11-19-9-3-1-4-10-19/h1-6,9-10,12-17,25,29H,7-8,11,18H2,(H,26,28). The summed E-state index contributed by atoms with van der Waals surface area (Å²) in [7, 11) is 0. The topological polar surface area (TPSA) is 75.6 Å². The van der Waals surface area contributed by atoms with Crippen LogP contribution in [0.1, 0.15) is 39.1 Å². The Bertz CT molecular complexity index is 940. The van der Waals surface area contributed by atoms with E-state index in [0.29, 0.717) is 23.5 Å². The van der Waals surface area contributed by atoms with Gasteiger partial charge in [0.25, 0.3) is 5.91 Å². The molecule has 5 nitrogen and oxygen atoms in total. The fourth-order valence-electron chi connectivity index (χ4n) is 3.00. The highest BCUT2D eigenvalue weighted by molar-refractivity contribution is 6.03. The van der Waals surface area contributed by atoms with Crippen molar-refractivity contribution in [2.24, 2.45) is 0 Å². The number of Topliss-reactive ketones (excluding diaryl/α,β-unsaturated/α-hetero) is 1. The number of carbonyl (C=O) groups excluding carboxylic acids is 2. The lowest BCUT2D eigenvalue weighted by Crippen LogP contribution is -2.40. The summed E-state index contributed by atoms with van der Waals surface area (Å²) < 4.78 is 5.72. The molecule has 1 unspecified atom stereocenters. The number of unbranched alkanes of at least 4 members (excludes halogenated alkanes) is 1. The molecule has 154 valence electrons. The van der Waals surface area contributed by atoms with Gasteiger partial charge in [-0.2, -0.15) is 0 Å². The Morgan fingerprint density at radius 3 is 2.10 bits per heavy atom. The van der Waals surface area contributed by atoms with Gasteiger partial charge < -0.3 is 15.2 Å². The molecule has 0 aromatic heterocycles. The molecule has 1 amide bonds. The van der Waals surface area contributed by atoms with Crippen molar-refractivity contribution in [3.8, 4) is 5.75 Å². The van der Waals surface area contributed by atoms with Crippen LogP contribution in [0.4, 0.5) is 0 Å². The molecule has 1 atom stereocenters. The maximum absolute atomic E-state index is 12.3. The smallest absolute Gasteiger partial charge is 0.253 e. The van der Waals surface area contributed by atoms with E-state index >= 15 is 0 Å². The van der Waals surface area contributed by atoms with Crippen molar-refractivity contribution in [2.45, 2.75) is 25.5 Å². The van der Waals surface area contributed by atoms with Crippen LogP contribution in [0.5, 0.6) is 5.75 Å². The zero-order valence-electron chi connectivity index (χ0n) is 16.7. The van der Waals surface area contributed by atoms with Gasteiger partial charge in [-0.05, 0) is 49.1 Å². The fourth-order valence-corrected chi connectivity index (χ4v) is 3.00. The lowest BCUT2D eigenvalue weighted by Gasteiger charge is -2.12. The van der Waals surface area contributed by atoms with E-state index in [9.17, 15) is 14.7 Å². The number of rotatable bonds is 10. The van der Waals surface area contributed by atoms with E-state index < -0.39 is 17.9 Å². The third-order valence-electron chi connectivity index (χ3n) is 4.66. The van der Waals surface area contributed by atoms with Crippen LogP contribution >= 0.6 is 0 Å². The van der Waals surface area contributed by atoms with Crippen LogP contribution in [-0.2, 0) is 6.42 Å². The monoisotopic (exact) mass is 403 g/mol. The van der Waals surface area contributed by atoms with Crippen molar-refractivity contribution in [2.75, 3.05) is 6.61 Å². The highest BCUT2D eigenvalue weighted by Gasteiger charge is 2.19. The molecule has 0 spiro atoms. The van der Waals surface area contributed by atoms with Gasteiger partial charge in [-0.25, -0.2) is 0 Å². The zero-order valence-corrected chi connectivity index (χ0v) is 16.7. The predicted molar refractivity (Wildman–Crippen MR) is 116 cm³/mol. The minimum Gasteiger partial charge on any atom is -0.494 e. The van der Waals surface area contributed by atoms with Crippen molar-refractivity contribution < 1.29 is 19.4 Å². The van der Waals surface area contributed by atoms with Gasteiger partial charge >= 0.3 is 0 Å². The molecule has 5 heteroatoms. The van der Waals surface area contributed by atoms with Crippen molar-refractivity contribution in [3.05, 3.63) is 102 Å². The van der Waals surface area contributed by atoms with Crippen LogP contribution < -0.4 is 10.1 Å². The lowest BCUT2D eigenvalue weighted by molar-refractivity contribution is 0.0607. The first-order valence-corrected chi connectivity index (χ1v) is 9.98. The molecule has 0 radical (unpaired) electrons. The molecule has 0 saturated carbocycles. The summed E-state index contributed by atoms with van der Waals surface area (Å²) in [5.74, 6) is -0.409. The van der Waals surface area contributed by atoms with Crippen molar-refractivity contribution in [3.63, 3.8) is 0 Å². The number of nitrogens with one attached hydrogen (secondary N) is 1. The SMILES string of the molecule is O=C(NC(O)C(=O)c1ccccc1)c1ccc(OCCCCc2ccccc2)cc1. The first-order valence-electron chi connectivity index (χ1n) is 9.98. The normalized spacial score (nSPS) is 11.5. The molecule has 3 rings (SSSR count). The third-order valence-corrected chi connectivity index (χ3v) is 4.66. The molecule has 0 bridgehead atoms. The van der Waals surface area contributed by atoms with Gasteiger partial charge in [0.05, 0.1) is 6.61 Å². The number of aliphatic hydroxyl groups excluding tert-OH is 1. The first-order chi connectivity index (χ1) is 14.6. The van der Waals surface area contributed by atoms with Crippen LogP contribution in [0, 0.1) is 0 Å². The second kappa shape index (κ2) is 10.9. The molecule has 0 fully saturated rings. The molecule has 0 saturated heterocycles. The van der Waals surface area contributed by atoms with Crippen molar-refractivity contribution in [1.29, 1.82) is 0 Å². The Morgan fingerprint density at radius 1 is 0.800 bits per heavy atom. The molecule has 0 heterocycles. The molecule has 0 aliphatic rings. The molecule has 0 aliphatic heterocycles. The molecular weight excluding hydrogens is 378 g/mol. The van der Waals surface area contributed by atoms with Gasteiger partial charge in [-0.15, -0.1) is 0 Å². The van der Waals surface area contributed by atoms with E-state index in [1.54, 1.807) is 54.6 Å². The number of ether oxygens (including phenoxy) is 1. The number of aryl methyl sites for hydroxylation is 1. The Labute approximate surface area is 176 Å². The van der Waals surface area contributed by atoms with Crippen LogP contribution in [0.25, 0.3) is 0 Å². The molecule has 3 aromatic rings. The Kier molecular flexibility index (Phi) is 7.75. The molecular formula is C25H25NO4. The van der Waals surface area contributed by atoms with Crippen LogP contribution in [0.3, 0.4) is 0 Å². The second-order valence-electron chi connectivity index (χ2n) is 6.92. The largest absolute Gasteiger partial charge is 0.494 e. The quantitative estimate of drug-likeness (QED) is 0.305. The number of amides is 1. The van der Waals surface area contributed by atoms with Gasteiger partial charge in [-0.3, -0.25) is 9.59 Å². The summed E-state index contributed by atoms with van der Waals surface area (Å²) in [5, 5.41) is 12.3. The Morgan fingerprint density at radius 2 is 1.43 bits per heavy atom. The summed E-state index contributed by atoms with van der Waals surface area (Å²) in [6.45, 7) is 0.600. The maximum atomic E-state index is 12.3. The molecule has 2 N–H and O–H groups in total.